The van der Waals surface area contributed by atoms with Gasteiger partial charge in [-0.3, -0.25) is 9.69 Å². The molecule has 6 heteroatoms. The molecular weight excluding hydrogens is 346 g/mol. The number of ether oxygens (including phenoxy) is 1. The van der Waals surface area contributed by atoms with E-state index in [1.807, 2.05) is 35.2 Å². The second-order valence-electron chi connectivity index (χ2n) is 6.38. The largest absolute Gasteiger partial charge is 0.508 e. The Balaban J connectivity index is 1.98. The lowest BCUT2D eigenvalue weighted by molar-refractivity contribution is -0.142. The monoisotopic (exact) mass is 367 g/mol. The number of rotatable bonds is 6. The van der Waals surface area contributed by atoms with Crippen molar-refractivity contribution in [2.75, 3.05) is 13.7 Å². The maximum Gasteiger partial charge on any atom is 0.336 e. The smallest absolute Gasteiger partial charge is 0.336 e. The summed E-state index contributed by atoms with van der Waals surface area (Å²) in [5, 5.41) is 10.6. The standard InChI is InChI=1S/C21H21NO5/c1-14-18(23)9-8-17-16(10-19(24)27-21(14)17)12-22(13-20(25)26-2)11-15-6-4-3-5-7-15/h3-10,23H,11-13H2,1-2H3. The van der Waals surface area contributed by atoms with Crippen molar-refractivity contribution in [1.29, 1.82) is 0 Å². The summed E-state index contributed by atoms with van der Waals surface area (Å²) in [6.07, 6.45) is 0. The molecule has 1 N–H and O–H groups in total. The quantitative estimate of drug-likeness (QED) is 0.533. The topological polar surface area (TPSA) is 80.0 Å². The molecule has 0 atom stereocenters. The third-order valence-corrected chi connectivity index (χ3v) is 4.44. The Bertz CT molecular complexity index is 1010. The van der Waals surface area contributed by atoms with E-state index in [-0.39, 0.29) is 18.3 Å². The molecule has 0 bridgehead atoms. The number of aryl methyl sites for hydroxylation is 1. The first-order chi connectivity index (χ1) is 13.0. The molecule has 6 nitrogen and oxygen atoms in total. The number of nitrogens with zero attached hydrogens (tertiary/aromatic N) is 1. The van der Waals surface area contributed by atoms with Crippen LogP contribution in [0, 0.1) is 6.92 Å². The normalized spacial score (nSPS) is 11.1. The molecule has 0 unspecified atom stereocenters. The van der Waals surface area contributed by atoms with E-state index in [4.69, 9.17) is 9.15 Å². The first-order valence-corrected chi connectivity index (χ1v) is 8.56. The van der Waals surface area contributed by atoms with Crippen LogP contribution in [0.15, 0.2) is 57.7 Å². The number of fused-ring (bicyclic) bond motifs is 1. The fraction of sp³-hybridized carbons (Fsp3) is 0.238. The molecule has 3 rings (SSSR count). The highest BCUT2D eigenvalue weighted by molar-refractivity contribution is 5.84. The Morgan fingerprint density at radius 2 is 1.89 bits per heavy atom. The second kappa shape index (κ2) is 8.05. The van der Waals surface area contributed by atoms with E-state index < -0.39 is 5.63 Å². The van der Waals surface area contributed by atoms with Gasteiger partial charge in [0.15, 0.2) is 0 Å². The molecule has 1 aromatic heterocycles. The Morgan fingerprint density at radius 3 is 2.59 bits per heavy atom. The summed E-state index contributed by atoms with van der Waals surface area (Å²) < 4.78 is 10.1. The van der Waals surface area contributed by atoms with Crippen LogP contribution in [-0.4, -0.2) is 29.6 Å². The lowest BCUT2D eigenvalue weighted by atomic mass is 10.1. The average molecular weight is 367 g/mol. The predicted octanol–water partition coefficient (Wildman–Crippen LogP) is 2.98. The van der Waals surface area contributed by atoms with E-state index in [1.165, 1.54) is 13.2 Å². The molecule has 0 fully saturated rings. The van der Waals surface area contributed by atoms with Crippen molar-refractivity contribution in [1.82, 2.24) is 4.90 Å². The lowest BCUT2D eigenvalue weighted by Gasteiger charge is -2.22. The number of benzene rings is 2. The number of phenolic OH excluding ortho intramolecular Hbond substituents is 1. The summed E-state index contributed by atoms with van der Waals surface area (Å²) in [7, 11) is 1.35. The number of phenols is 1. The predicted molar refractivity (Wildman–Crippen MR) is 101 cm³/mol. The van der Waals surface area contributed by atoms with Crippen LogP contribution >= 0.6 is 0 Å². The second-order valence-corrected chi connectivity index (χ2v) is 6.38. The van der Waals surface area contributed by atoms with Crippen LogP contribution in [0.25, 0.3) is 11.0 Å². The molecule has 0 aliphatic carbocycles. The molecule has 0 saturated heterocycles. The molecule has 0 radical (unpaired) electrons. The van der Waals surface area contributed by atoms with Crippen LogP contribution < -0.4 is 5.63 Å². The average Bonchev–Trinajstić information content (AvgIpc) is 2.65. The molecule has 0 spiro atoms. The van der Waals surface area contributed by atoms with Gasteiger partial charge >= 0.3 is 11.6 Å². The van der Waals surface area contributed by atoms with Crippen LogP contribution in [-0.2, 0) is 22.6 Å². The van der Waals surface area contributed by atoms with Gasteiger partial charge < -0.3 is 14.3 Å². The van der Waals surface area contributed by atoms with Gasteiger partial charge in [-0.05, 0) is 30.2 Å². The van der Waals surface area contributed by atoms with Crippen molar-refractivity contribution < 1.29 is 19.1 Å². The number of esters is 1. The first-order valence-electron chi connectivity index (χ1n) is 8.56. The number of hydrogen-bond acceptors (Lipinski definition) is 6. The minimum Gasteiger partial charge on any atom is -0.508 e. The SMILES string of the molecule is COC(=O)CN(Cc1ccccc1)Cc1cc(=O)oc2c(C)c(O)ccc12. The van der Waals surface area contributed by atoms with E-state index >= 15 is 0 Å². The van der Waals surface area contributed by atoms with Gasteiger partial charge in [0.05, 0.1) is 13.7 Å². The fourth-order valence-corrected chi connectivity index (χ4v) is 3.04. The maximum absolute atomic E-state index is 12.0. The molecule has 0 aliphatic rings. The summed E-state index contributed by atoms with van der Waals surface area (Å²) in [4.78, 5) is 25.8. The van der Waals surface area contributed by atoms with Crippen molar-refractivity contribution in [3.05, 3.63) is 75.6 Å². The van der Waals surface area contributed by atoms with Gasteiger partial charge in [0.25, 0.3) is 0 Å². The van der Waals surface area contributed by atoms with Crippen LogP contribution in [0.2, 0.25) is 0 Å². The first kappa shape index (κ1) is 18.7. The van der Waals surface area contributed by atoms with Crippen LogP contribution in [0.4, 0.5) is 0 Å². The number of carbonyl (C=O) groups excluding carboxylic acids is 1. The molecule has 0 amide bonds. The lowest BCUT2D eigenvalue weighted by Crippen LogP contribution is -2.30. The van der Waals surface area contributed by atoms with Crippen molar-refractivity contribution in [3.8, 4) is 5.75 Å². The molecule has 3 aromatic rings. The van der Waals surface area contributed by atoms with Gasteiger partial charge in [-0.25, -0.2) is 4.79 Å². The van der Waals surface area contributed by atoms with Gasteiger partial charge in [-0.2, -0.15) is 0 Å². The zero-order chi connectivity index (χ0) is 19.4. The van der Waals surface area contributed by atoms with E-state index in [1.54, 1.807) is 19.1 Å². The third-order valence-electron chi connectivity index (χ3n) is 4.44. The Labute approximate surface area is 156 Å². The Kier molecular flexibility index (Phi) is 5.57. The van der Waals surface area contributed by atoms with E-state index in [9.17, 15) is 14.7 Å². The van der Waals surface area contributed by atoms with E-state index in [2.05, 4.69) is 0 Å². The number of hydrogen-bond donors (Lipinski definition) is 1. The minimum atomic E-state index is -0.496. The van der Waals surface area contributed by atoms with Gasteiger partial charge in [-0.15, -0.1) is 0 Å². The highest BCUT2D eigenvalue weighted by Crippen LogP contribution is 2.28. The minimum absolute atomic E-state index is 0.0681. The molecule has 140 valence electrons. The number of carbonyl (C=O) groups is 1. The number of aromatic hydroxyl groups is 1. The molecular formula is C21H21NO5. The molecule has 0 saturated carbocycles. The van der Waals surface area contributed by atoms with Gasteiger partial charge in [-0.1, -0.05) is 30.3 Å². The van der Waals surface area contributed by atoms with Crippen molar-refractivity contribution in [3.63, 3.8) is 0 Å². The third kappa shape index (κ3) is 4.35. The van der Waals surface area contributed by atoms with Gasteiger partial charge in [0.2, 0.25) is 0 Å². The summed E-state index contributed by atoms with van der Waals surface area (Å²) in [6.45, 7) is 2.66. The summed E-state index contributed by atoms with van der Waals surface area (Å²) in [6, 6.07) is 14.5. The van der Waals surface area contributed by atoms with E-state index in [0.717, 1.165) is 16.5 Å². The summed E-state index contributed by atoms with van der Waals surface area (Å²) >= 11 is 0. The molecule has 1 heterocycles. The van der Waals surface area contributed by atoms with Crippen LogP contribution in [0.3, 0.4) is 0 Å². The molecule has 27 heavy (non-hydrogen) atoms. The van der Waals surface area contributed by atoms with Crippen molar-refractivity contribution in [2.45, 2.75) is 20.0 Å². The van der Waals surface area contributed by atoms with Crippen molar-refractivity contribution in [2.24, 2.45) is 0 Å². The molecule has 0 aliphatic heterocycles. The van der Waals surface area contributed by atoms with Gasteiger partial charge in [0.1, 0.15) is 11.3 Å². The summed E-state index contributed by atoms with van der Waals surface area (Å²) in [5.41, 5.74) is 2.14. The number of methoxy groups -OCH3 is 1. The van der Waals surface area contributed by atoms with Gasteiger partial charge in [0, 0.05) is 30.1 Å². The molecule has 2 aromatic carbocycles. The van der Waals surface area contributed by atoms with Crippen LogP contribution in [0.5, 0.6) is 5.75 Å². The highest BCUT2D eigenvalue weighted by Gasteiger charge is 2.16. The van der Waals surface area contributed by atoms with E-state index in [0.29, 0.717) is 24.2 Å². The zero-order valence-corrected chi connectivity index (χ0v) is 15.3. The van der Waals surface area contributed by atoms with Crippen molar-refractivity contribution >= 4 is 16.9 Å². The summed E-state index contributed by atoms with van der Waals surface area (Å²) in [5.74, 6) is -0.287. The Morgan fingerprint density at radius 1 is 1.15 bits per heavy atom. The maximum atomic E-state index is 12.0. The fourth-order valence-electron chi connectivity index (χ4n) is 3.04. The Hall–Kier alpha value is -3.12. The zero-order valence-electron chi connectivity index (χ0n) is 15.3. The highest BCUT2D eigenvalue weighted by atomic mass is 16.5. The van der Waals surface area contributed by atoms with Crippen LogP contribution in [0.1, 0.15) is 16.7 Å².